The fraction of sp³-hybridized carbons (Fsp3) is 0.692. The van der Waals surface area contributed by atoms with Crippen LogP contribution in [0.2, 0.25) is 0 Å². The van der Waals surface area contributed by atoms with E-state index in [-0.39, 0.29) is 11.8 Å². The van der Waals surface area contributed by atoms with E-state index >= 15 is 0 Å². The second-order valence-electron chi connectivity index (χ2n) is 4.84. The van der Waals surface area contributed by atoms with E-state index in [0.29, 0.717) is 19.4 Å². The topological polar surface area (TPSA) is 49.4 Å². The lowest BCUT2D eigenvalue weighted by molar-refractivity contribution is -0.154. The third-order valence-corrected chi connectivity index (χ3v) is 3.53. The number of nitrogens with zero attached hydrogens (tertiary/aromatic N) is 1. The first kappa shape index (κ1) is 13.7. The Morgan fingerprint density at radius 3 is 2.35 bits per heavy atom. The van der Waals surface area contributed by atoms with Gasteiger partial charge < -0.3 is 10.2 Å². The lowest BCUT2D eigenvalue weighted by atomic mass is 9.87. The van der Waals surface area contributed by atoms with Crippen molar-refractivity contribution in [1.82, 2.24) is 10.2 Å². The average molecular weight is 238 g/mol. The number of carbonyl (C=O) groups excluding carboxylic acids is 2. The van der Waals surface area contributed by atoms with Gasteiger partial charge in [-0.15, -0.1) is 0 Å². The molecule has 4 nitrogen and oxygen atoms in total. The predicted molar refractivity (Wildman–Crippen MR) is 67.4 cm³/mol. The number of hydrogen-bond donors (Lipinski definition) is 1. The number of piperazine rings is 1. The molecule has 1 heterocycles. The third kappa shape index (κ3) is 2.35. The van der Waals surface area contributed by atoms with Gasteiger partial charge in [-0.2, -0.15) is 0 Å². The molecule has 0 spiro atoms. The summed E-state index contributed by atoms with van der Waals surface area (Å²) in [6, 6.07) is -0.412. The minimum atomic E-state index is -0.723. The van der Waals surface area contributed by atoms with Gasteiger partial charge in [-0.3, -0.25) is 9.59 Å². The minimum Gasteiger partial charge on any atom is -0.340 e. The Labute approximate surface area is 103 Å². The van der Waals surface area contributed by atoms with Gasteiger partial charge in [0.25, 0.3) is 0 Å². The maximum Gasteiger partial charge on any atom is 0.249 e. The van der Waals surface area contributed by atoms with Crippen molar-refractivity contribution < 1.29 is 9.59 Å². The van der Waals surface area contributed by atoms with Crippen LogP contribution in [-0.4, -0.2) is 34.8 Å². The molecule has 96 valence electrons. The smallest absolute Gasteiger partial charge is 0.249 e. The molecule has 2 amide bonds. The first-order chi connectivity index (χ1) is 7.88. The molecule has 1 aliphatic rings. The second kappa shape index (κ2) is 4.90. The van der Waals surface area contributed by atoms with E-state index in [1.165, 1.54) is 0 Å². The lowest BCUT2D eigenvalue weighted by Gasteiger charge is -2.44. The van der Waals surface area contributed by atoms with Crippen LogP contribution < -0.4 is 5.32 Å². The number of hydrogen-bond acceptors (Lipinski definition) is 2. The van der Waals surface area contributed by atoms with Crippen LogP contribution in [0.15, 0.2) is 12.2 Å². The van der Waals surface area contributed by atoms with Crippen LogP contribution in [0.4, 0.5) is 0 Å². The highest BCUT2D eigenvalue weighted by Gasteiger charge is 2.47. The maximum atomic E-state index is 12.5. The molecule has 0 saturated carbocycles. The normalized spacial score (nSPS) is 23.5. The van der Waals surface area contributed by atoms with Crippen LogP contribution in [0.3, 0.4) is 0 Å². The van der Waals surface area contributed by atoms with Crippen LogP contribution in [0, 0.1) is 0 Å². The Morgan fingerprint density at radius 2 is 1.94 bits per heavy atom. The fourth-order valence-corrected chi connectivity index (χ4v) is 2.21. The van der Waals surface area contributed by atoms with E-state index in [1.54, 1.807) is 11.8 Å². The maximum absolute atomic E-state index is 12.5. The van der Waals surface area contributed by atoms with Crippen molar-refractivity contribution in [3.8, 4) is 0 Å². The largest absolute Gasteiger partial charge is 0.340 e. The summed E-state index contributed by atoms with van der Waals surface area (Å²) in [6.45, 7) is 11.7. The quantitative estimate of drug-likeness (QED) is 0.754. The fourth-order valence-electron chi connectivity index (χ4n) is 2.21. The van der Waals surface area contributed by atoms with E-state index < -0.39 is 11.6 Å². The molecule has 0 bridgehead atoms. The molecule has 0 radical (unpaired) electrons. The van der Waals surface area contributed by atoms with E-state index in [1.807, 2.05) is 20.8 Å². The summed E-state index contributed by atoms with van der Waals surface area (Å²) in [5.74, 6) is -0.0628. The van der Waals surface area contributed by atoms with E-state index in [2.05, 4.69) is 11.9 Å². The molecule has 1 rings (SSSR count). The van der Waals surface area contributed by atoms with Gasteiger partial charge in [-0.05, 0) is 26.7 Å². The standard InChI is InChI=1S/C13H22N2O2/c1-6-13(7-2)12(17)15(8-9(3)4)10(5)11(16)14-13/h10H,3,6-8H2,1-2,4-5H3,(H,14,16). The molecule has 1 N–H and O–H groups in total. The van der Waals surface area contributed by atoms with Gasteiger partial charge in [0.2, 0.25) is 11.8 Å². The third-order valence-electron chi connectivity index (χ3n) is 3.53. The molecule has 1 atom stereocenters. The van der Waals surface area contributed by atoms with E-state index in [0.717, 1.165) is 5.57 Å². The van der Waals surface area contributed by atoms with Crippen LogP contribution >= 0.6 is 0 Å². The Morgan fingerprint density at radius 1 is 1.41 bits per heavy atom. The number of carbonyl (C=O) groups is 2. The van der Waals surface area contributed by atoms with E-state index in [4.69, 9.17) is 0 Å². The average Bonchev–Trinajstić information content (AvgIpc) is 2.29. The molecule has 4 heteroatoms. The SMILES string of the molecule is C=C(C)CN1C(=O)C(CC)(CC)NC(=O)C1C. The molecular weight excluding hydrogens is 216 g/mol. The van der Waals surface area contributed by atoms with Gasteiger partial charge >= 0.3 is 0 Å². The highest BCUT2D eigenvalue weighted by Crippen LogP contribution is 2.25. The van der Waals surface area contributed by atoms with Gasteiger partial charge in [-0.1, -0.05) is 26.0 Å². The van der Waals surface area contributed by atoms with E-state index in [9.17, 15) is 9.59 Å². The summed E-state index contributed by atoms with van der Waals surface area (Å²) in [5.41, 5.74) is 0.167. The molecule has 1 fully saturated rings. The van der Waals surface area contributed by atoms with Gasteiger partial charge in [0.15, 0.2) is 0 Å². The highest BCUT2D eigenvalue weighted by molar-refractivity contribution is 5.99. The summed E-state index contributed by atoms with van der Waals surface area (Å²) in [4.78, 5) is 26.0. The Balaban J connectivity index is 3.06. The van der Waals surface area contributed by atoms with Gasteiger partial charge in [0, 0.05) is 6.54 Å². The van der Waals surface area contributed by atoms with Crippen molar-refractivity contribution in [2.75, 3.05) is 6.54 Å². The monoisotopic (exact) mass is 238 g/mol. The number of rotatable bonds is 4. The van der Waals surface area contributed by atoms with Crippen LogP contribution in [0.5, 0.6) is 0 Å². The van der Waals surface area contributed by atoms with Gasteiger partial charge in [0.1, 0.15) is 11.6 Å². The van der Waals surface area contributed by atoms with Crippen molar-refractivity contribution in [1.29, 1.82) is 0 Å². The van der Waals surface area contributed by atoms with Crippen molar-refractivity contribution in [2.24, 2.45) is 0 Å². The lowest BCUT2D eigenvalue weighted by Crippen LogP contribution is -2.69. The molecule has 0 aromatic heterocycles. The molecule has 1 aliphatic heterocycles. The Hall–Kier alpha value is -1.32. The zero-order valence-corrected chi connectivity index (χ0v) is 11.2. The summed E-state index contributed by atoms with van der Waals surface area (Å²) < 4.78 is 0. The van der Waals surface area contributed by atoms with Crippen molar-refractivity contribution >= 4 is 11.8 Å². The van der Waals surface area contributed by atoms with Crippen molar-refractivity contribution in [2.45, 2.75) is 52.1 Å². The zero-order chi connectivity index (χ0) is 13.2. The molecule has 0 aliphatic carbocycles. The predicted octanol–water partition coefficient (Wildman–Crippen LogP) is 1.47. The Kier molecular flexibility index (Phi) is 3.96. The van der Waals surface area contributed by atoms with Crippen LogP contribution in [-0.2, 0) is 9.59 Å². The summed E-state index contributed by atoms with van der Waals surface area (Å²) in [6.07, 6.45) is 1.24. The summed E-state index contributed by atoms with van der Waals surface area (Å²) >= 11 is 0. The summed E-state index contributed by atoms with van der Waals surface area (Å²) in [5, 5.41) is 2.87. The molecule has 1 unspecified atom stereocenters. The molecule has 0 aromatic carbocycles. The first-order valence-electron chi connectivity index (χ1n) is 6.15. The minimum absolute atomic E-state index is 0.0117. The van der Waals surface area contributed by atoms with Gasteiger partial charge in [-0.25, -0.2) is 0 Å². The molecule has 1 saturated heterocycles. The Bertz CT molecular complexity index is 345. The molecular formula is C13H22N2O2. The van der Waals surface area contributed by atoms with Crippen LogP contribution in [0.1, 0.15) is 40.5 Å². The molecule has 0 aromatic rings. The second-order valence-corrected chi connectivity index (χ2v) is 4.84. The number of nitrogens with one attached hydrogen (secondary N) is 1. The molecule has 17 heavy (non-hydrogen) atoms. The first-order valence-corrected chi connectivity index (χ1v) is 6.15. The van der Waals surface area contributed by atoms with Crippen molar-refractivity contribution in [3.05, 3.63) is 12.2 Å². The zero-order valence-electron chi connectivity index (χ0n) is 11.2. The van der Waals surface area contributed by atoms with Gasteiger partial charge in [0.05, 0.1) is 0 Å². The van der Waals surface area contributed by atoms with Crippen LogP contribution in [0.25, 0.3) is 0 Å². The number of amides is 2. The van der Waals surface area contributed by atoms with Crippen molar-refractivity contribution in [3.63, 3.8) is 0 Å². The highest BCUT2D eigenvalue weighted by atomic mass is 16.2. The summed E-state index contributed by atoms with van der Waals surface area (Å²) in [7, 11) is 0.